The van der Waals surface area contributed by atoms with Gasteiger partial charge in [-0.15, -0.1) is 11.3 Å². The summed E-state index contributed by atoms with van der Waals surface area (Å²) in [5, 5.41) is 2.53. The topological polar surface area (TPSA) is 17.1 Å². The zero-order chi connectivity index (χ0) is 10.5. The number of ketones is 1. The fourth-order valence-electron chi connectivity index (χ4n) is 2.91. The molecule has 1 aromatic heterocycles. The molecule has 2 aliphatic rings. The summed E-state index contributed by atoms with van der Waals surface area (Å²) in [5.41, 5.74) is 0.573. The molecule has 0 amide bonds. The van der Waals surface area contributed by atoms with Gasteiger partial charge in [0.25, 0.3) is 0 Å². The van der Waals surface area contributed by atoms with Gasteiger partial charge in [-0.2, -0.15) is 0 Å². The van der Waals surface area contributed by atoms with E-state index in [1.807, 2.05) is 11.4 Å². The van der Waals surface area contributed by atoms with Crippen LogP contribution < -0.4 is 0 Å². The highest BCUT2D eigenvalue weighted by Crippen LogP contribution is 2.59. The maximum atomic E-state index is 12.1. The van der Waals surface area contributed by atoms with E-state index in [0.29, 0.717) is 10.4 Å². The van der Waals surface area contributed by atoms with Crippen LogP contribution >= 0.6 is 22.9 Å². The second kappa shape index (κ2) is 3.33. The molecule has 0 atom stereocenters. The van der Waals surface area contributed by atoms with Gasteiger partial charge in [-0.3, -0.25) is 4.79 Å². The highest BCUT2D eigenvalue weighted by atomic mass is 35.5. The SMILES string of the molecule is O=C(c1sccc1Cl)C1CC2(CCC2)C1. The molecule has 1 nitrogen and oxygen atoms in total. The molecule has 1 aromatic rings. The van der Waals surface area contributed by atoms with Crippen LogP contribution in [-0.4, -0.2) is 5.78 Å². The van der Waals surface area contributed by atoms with Gasteiger partial charge in [0, 0.05) is 5.92 Å². The molecule has 2 saturated carbocycles. The Kier molecular flexibility index (Phi) is 2.18. The van der Waals surface area contributed by atoms with Crippen molar-refractivity contribution in [2.24, 2.45) is 11.3 Å². The fourth-order valence-corrected chi connectivity index (χ4v) is 4.08. The summed E-state index contributed by atoms with van der Waals surface area (Å²) in [6.45, 7) is 0. The highest BCUT2D eigenvalue weighted by Gasteiger charge is 2.50. The van der Waals surface area contributed by atoms with Crippen LogP contribution in [0.3, 0.4) is 0 Å². The summed E-state index contributed by atoms with van der Waals surface area (Å²) < 4.78 is 0. The minimum atomic E-state index is 0.265. The predicted octanol–water partition coefficient (Wildman–Crippen LogP) is 4.16. The van der Waals surface area contributed by atoms with Crippen molar-refractivity contribution in [3.63, 3.8) is 0 Å². The number of thiophene rings is 1. The molecule has 0 bridgehead atoms. The summed E-state index contributed by atoms with van der Waals surface area (Å²) in [4.78, 5) is 12.8. The van der Waals surface area contributed by atoms with Crippen molar-refractivity contribution in [3.8, 4) is 0 Å². The van der Waals surface area contributed by atoms with Crippen LogP contribution in [-0.2, 0) is 0 Å². The number of halogens is 1. The Morgan fingerprint density at radius 1 is 1.47 bits per heavy atom. The third-order valence-corrected chi connectivity index (χ3v) is 5.34. The summed E-state index contributed by atoms with van der Waals surface area (Å²) in [5.74, 6) is 0.550. The van der Waals surface area contributed by atoms with E-state index in [1.165, 1.54) is 30.6 Å². The molecule has 0 unspecified atom stereocenters. The molecule has 0 saturated heterocycles. The summed E-state index contributed by atoms with van der Waals surface area (Å²) in [6.07, 6.45) is 6.27. The molecule has 2 aliphatic carbocycles. The Hall–Kier alpha value is -0.340. The molecule has 0 N–H and O–H groups in total. The zero-order valence-corrected chi connectivity index (χ0v) is 10.0. The highest BCUT2D eigenvalue weighted by molar-refractivity contribution is 7.12. The number of hydrogen-bond acceptors (Lipinski definition) is 2. The van der Waals surface area contributed by atoms with Gasteiger partial charge in [-0.05, 0) is 42.5 Å². The first kappa shape index (κ1) is 9.86. The van der Waals surface area contributed by atoms with E-state index in [0.717, 1.165) is 17.7 Å². The van der Waals surface area contributed by atoms with Crippen LogP contribution in [0.4, 0.5) is 0 Å². The summed E-state index contributed by atoms with van der Waals surface area (Å²) >= 11 is 7.45. The predicted molar refractivity (Wildman–Crippen MR) is 62.7 cm³/mol. The molecule has 1 spiro atoms. The first-order valence-corrected chi connectivity index (χ1v) is 6.73. The van der Waals surface area contributed by atoms with Crippen molar-refractivity contribution >= 4 is 28.7 Å². The van der Waals surface area contributed by atoms with Crippen LogP contribution in [0, 0.1) is 11.3 Å². The monoisotopic (exact) mass is 240 g/mol. The first-order valence-electron chi connectivity index (χ1n) is 5.47. The molecule has 2 fully saturated rings. The molecule has 80 valence electrons. The van der Waals surface area contributed by atoms with Crippen LogP contribution in [0.5, 0.6) is 0 Å². The Balaban J connectivity index is 1.70. The van der Waals surface area contributed by atoms with E-state index in [1.54, 1.807) is 0 Å². The lowest BCUT2D eigenvalue weighted by Gasteiger charge is -2.53. The average Bonchev–Trinajstić information content (AvgIpc) is 2.45. The lowest BCUT2D eigenvalue weighted by atomic mass is 9.51. The lowest BCUT2D eigenvalue weighted by Crippen LogP contribution is -2.45. The third kappa shape index (κ3) is 1.46. The summed E-state index contributed by atoms with van der Waals surface area (Å²) in [7, 11) is 0. The molecule has 1 heterocycles. The molecular formula is C12H13ClOS. The number of carbonyl (C=O) groups excluding carboxylic acids is 1. The van der Waals surface area contributed by atoms with Crippen molar-refractivity contribution in [1.29, 1.82) is 0 Å². The Bertz CT molecular complexity index is 398. The van der Waals surface area contributed by atoms with Gasteiger partial charge in [0.15, 0.2) is 5.78 Å². The molecule has 15 heavy (non-hydrogen) atoms. The van der Waals surface area contributed by atoms with Crippen molar-refractivity contribution in [2.45, 2.75) is 32.1 Å². The largest absolute Gasteiger partial charge is 0.293 e. The van der Waals surface area contributed by atoms with E-state index in [-0.39, 0.29) is 11.7 Å². The van der Waals surface area contributed by atoms with Crippen molar-refractivity contribution in [1.82, 2.24) is 0 Å². The minimum Gasteiger partial charge on any atom is -0.293 e. The average molecular weight is 241 g/mol. The number of hydrogen-bond donors (Lipinski definition) is 0. The minimum absolute atomic E-state index is 0.265. The smallest absolute Gasteiger partial charge is 0.177 e. The molecule has 0 aromatic carbocycles. The van der Waals surface area contributed by atoms with Crippen molar-refractivity contribution in [2.75, 3.05) is 0 Å². The fraction of sp³-hybridized carbons (Fsp3) is 0.583. The standard InChI is InChI=1S/C12H13ClOS/c13-9-2-5-15-11(9)10(14)8-6-12(7-8)3-1-4-12/h2,5,8H,1,3-4,6-7H2. The van der Waals surface area contributed by atoms with Crippen LogP contribution in [0.25, 0.3) is 0 Å². The van der Waals surface area contributed by atoms with E-state index in [4.69, 9.17) is 11.6 Å². The molecule has 0 radical (unpaired) electrons. The molecule has 0 aliphatic heterocycles. The maximum absolute atomic E-state index is 12.1. The van der Waals surface area contributed by atoms with Gasteiger partial charge in [0.05, 0.1) is 9.90 Å². The van der Waals surface area contributed by atoms with Crippen LogP contribution in [0.15, 0.2) is 11.4 Å². The maximum Gasteiger partial charge on any atom is 0.177 e. The van der Waals surface area contributed by atoms with E-state index in [9.17, 15) is 4.79 Å². The number of Topliss-reactive ketones (excluding diaryl/α,β-unsaturated/α-hetero) is 1. The van der Waals surface area contributed by atoms with Gasteiger partial charge in [-0.25, -0.2) is 0 Å². The van der Waals surface area contributed by atoms with E-state index < -0.39 is 0 Å². The number of carbonyl (C=O) groups is 1. The normalized spacial score (nSPS) is 23.5. The van der Waals surface area contributed by atoms with Crippen molar-refractivity contribution < 1.29 is 4.79 Å². The van der Waals surface area contributed by atoms with Gasteiger partial charge >= 0.3 is 0 Å². The quantitative estimate of drug-likeness (QED) is 0.710. The van der Waals surface area contributed by atoms with Gasteiger partial charge in [0.2, 0.25) is 0 Å². The summed E-state index contributed by atoms with van der Waals surface area (Å²) in [6, 6.07) is 1.82. The van der Waals surface area contributed by atoms with Crippen LogP contribution in [0.2, 0.25) is 5.02 Å². The van der Waals surface area contributed by atoms with Crippen molar-refractivity contribution in [3.05, 3.63) is 21.3 Å². The van der Waals surface area contributed by atoms with Gasteiger partial charge in [-0.1, -0.05) is 18.0 Å². The second-order valence-corrected chi connectivity index (χ2v) is 6.24. The molecular weight excluding hydrogens is 228 g/mol. The molecule has 3 rings (SSSR count). The third-order valence-electron chi connectivity index (χ3n) is 3.98. The Morgan fingerprint density at radius 2 is 2.20 bits per heavy atom. The second-order valence-electron chi connectivity index (χ2n) is 4.92. The van der Waals surface area contributed by atoms with Crippen LogP contribution in [0.1, 0.15) is 41.8 Å². The first-order chi connectivity index (χ1) is 7.20. The van der Waals surface area contributed by atoms with E-state index >= 15 is 0 Å². The van der Waals surface area contributed by atoms with Gasteiger partial charge in [0.1, 0.15) is 0 Å². The Morgan fingerprint density at radius 3 is 2.67 bits per heavy atom. The zero-order valence-electron chi connectivity index (χ0n) is 8.46. The molecule has 3 heteroatoms. The number of rotatable bonds is 2. The van der Waals surface area contributed by atoms with E-state index in [2.05, 4.69) is 0 Å². The van der Waals surface area contributed by atoms with Gasteiger partial charge < -0.3 is 0 Å². The lowest BCUT2D eigenvalue weighted by molar-refractivity contribution is -0.0148. The Labute approximate surface area is 98.4 Å².